The minimum atomic E-state index is -3.21. The number of sulfone groups is 1. The Hall–Kier alpha value is -1.72. The summed E-state index contributed by atoms with van der Waals surface area (Å²) >= 11 is 0. The van der Waals surface area contributed by atoms with Crippen molar-refractivity contribution in [3.05, 3.63) is 59.4 Å². The Morgan fingerprint density at radius 3 is 2.52 bits per heavy atom. The Morgan fingerprint density at radius 1 is 1.19 bits per heavy atom. The van der Waals surface area contributed by atoms with E-state index in [1.54, 1.807) is 18.2 Å². The summed E-state index contributed by atoms with van der Waals surface area (Å²) in [5.41, 5.74) is 2.90. The van der Waals surface area contributed by atoms with Crippen molar-refractivity contribution in [3.63, 3.8) is 0 Å². The predicted octanol–water partition coefficient (Wildman–Crippen LogP) is 2.49. The Labute approximate surface area is 126 Å². The largest absolute Gasteiger partial charge is 0.306 e. The van der Waals surface area contributed by atoms with Gasteiger partial charge in [0.15, 0.2) is 9.84 Å². The molecular weight excluding hydrogens is 284 g/mol. The third-order valence-corrected chi connectivity index (χ3v) is 4.41. The molecule has 0 fully saturated rings. The molecule has 112 valence electrons. The van der Waals surface area contributed by atoms with E-state index in [4.69, 9.17) is 0 Å². The van der Waals surface area contributed by atoms with E-state index in [1.807, 2.05) is 38.2 Å². The zero-order valence-corrected chi connectivity index (χ0v) is 13.3. The van der Waals surface area contributed by atoms with Crippen molar-refractivity contribution in [2.75, 3.05) is 12.8 Å². The van der Waals surface area contributed by atoms with Crippen LogP contribution in [0.4, 0.5) is 0 Å². The molecule has 4 nitrogen and oxygen atoms in total. The van der Waals surface area contributed by atoms with E-state index in [0.29, 0.717) is 4.90 Å². The van der Waals surface area contributed by atoms with Gasteiger partial charge in [0.1, 0.15) is 0 Å². The second kappa shape index (κ2) is 6.37. The molecule has 0 aliphatic rings. The molecule has 1 heterocycles. The van der Waals surface area contributed by atoms with E-state index in [2.05, 4.69) is 10.3 Å². The van der Waals surface area contributed by atoms with Crippen LogP contribution in [0.3, 0.4) is 0 Å². The standard InChI is InChI=1S/C16H20N2O2S/c1-4-17-16(14-9-8-12(2)18-11-14)13-6-5-7-15(10-13)21(3,19)20/h5-11,16-17H,4H2,1-3H3. The summed E-state index contributed by atoms with van der Waals surface area (Å²) in [6.07, 6.45) is 3.05. The second-order valence-corrected chi connectivity index (χ2v) is 7.08. The molecule has 1 aromatic heterocycles. The molecular formula is C16H20N2O2S. The SMILES string of the molecule is CCNC(c1ccc(C)nc1)c1cccc(S(C)(=O)=O)c1. The van der Waals surface area contributed by atoms with Crippen molar-refractivity contribution >= 4 is 9.84 Å². The van der Waals surface area contributed by atoms with Crippen LogP contribution < -0.4 is 5.32 Å². The van der Waals surface area contributed by atoms with E-state index in [1.165, 1.54) is 6.26 Å². The van der Waals surface area contributed by atoms with Gasteiger partial charge in [-0.2, -0.15) is 0 Å². The van der Waals surface area contributed by atoms with Gasteiger partial charge < -0.3 is 5.32 Å². The van der Waals surface area contributed by atoms with E-state index in [9.17, 15) is 8.42 Å². The van der Waals surface area contributed by atoms with E-state index in [0.717, 1.165) is 23.4 Å². The Balaban J connectivity index is 2.45. The molecule has 0 spiro atoms. The van der Waals surface area contributed by atoms with Gasteiger partial charge in [-0.3, -0.25) is 4.98 Å². The molecule has 1 N–H and O–H groups in total. The van der Waals surface area contributed by atoms with Gasteiger partial charge in [-0.1, -0.05) is 25.1 Å². The minimum Gasteiger partial charge on any atom is -0.306 e. The van der Waals surface area contributed by atoms with Gasteiger partial charge in [0.2, 0.25) is 0 Å². The summed E-state index contributed by atoms with van der Waals surface area (Å²) in [5.74, 6) is 0. The first-order chi connectivity index (χ1) is 9.91. The summed E-state index contributed by atoms with van der Waals surface area (Å²) in [4.78, 5) is 4.66. The number of hydrogen-bond donors (Lipinski definition) is 1. The van der Waals surface area contributed by atoms with Crippen LogP contribution in [0.2, 0.25) is 0 Å². The lowest BCUT2D eigenvalue weighted by Crippen LogP contribution is -2.22. The van der Waals surface area contributed by atoms with E-state index in [-0.39, 0.29) is 6.04 Å². The first-order valence-electron chi connectivity index (χ1n) is 6.87. The summed E-state index contributed by atoms with van der Waals surface area (Å²) in [6.45, 7) is 4.74. The summed E-state index contributed by atoms with van der Waals surface area (Å²) in [7, 11) is -3.21. The van der Waals surface area contributed by atoms with Crippen LogP contribution in [0, 0.1) is 6.92 Å². The van der Waals surface area contributed by atoms with Crippen LogP contribution in [0.1, 0.15) is 29.8 Å². The molecule has 0 saturated heterocycles. The fourth-order valence-corrected chi connectivity index (χ4v) is 2.88. The van der Waals surface area contributed by atoms with Gasteiger partial charge in [0, 0.05) is 18.1 Å². The fraction of sp³-hybridized carbons (Fsp3) is 0.312. The lowest BCUT2D eigenvalue weighted by atomic mass is 10.00. The Kier molecular flexibility index (Phi) is 4.75. The Morgan fingerprint density at radius 2 is 1.95 bits per heavy atom. The number of aryl methyl sites for hydroxylation is 1. The molecule has 0 amide bonds. The molecule has 1 atom stereocenters. The van der Waals surface area contributed by atoms with Gasteiger partial charge in [0.05, 0.1) is 10.9 Å². The second-order valence-electron chi connectivity index (χ2n) is 5.07. The number of rotatable bonds is 5. The van der Waals surface area contributed by atoms with Crippen LogP contribution in [-0.2, 0) is 9.84 Å². The van der Waals surface area contributed by atoms with Crippen LogP contribution in [0.15, 0.2) is 47.5 Å². The smallest absolute Gasteiger partial charge is 0.175 e. The highest BCUT2D eigenvalue weighted by Crippen LogP contribution is 2.24. The molecule has 0 bridgehead atoms. The topological polar surface area (TPSA) is 59.1 Å². The molecule has 0 aliphatic heterocycles. The highest BCUT2D eigenvalue weighted by atomic mass is 32.2. The molecule has 0 radical (unpaired) electrons. The summed E-state index contributed by atoms with van der Waals surface area (Å²) in [5, 5.41) is 3.38. The normalized spacial score (nSPS) is 13.1. The van der Waals surface area contributed by atoms with Crippen molar-refractivity contribution in [1.82, 2.24) is 10.3 Å². The van der Waals surface area contributed by atoms with Gasteiger partial charge in [-0.25, -0.2) is 8.42 Å². The molecule has 1 aromatic carbocycles. The first kappa shape index (κ1) is 15.7. The fourth-order valence-electron chi connectivity index (χ4n) is 2.21. The molecule has 1 unspecified atom stereocenters. The zero-order chi connectivity index (χ0) is 15.5. The average molecular weight is 304 g/mol. The molecule has 5 heteroatoms. The quantitative estimate of drug-likeness (QED) is 0.922. The van der Waals surface area contributed by atoms with E-state index >= 15 is 0 Å². The number of benzene rings is 1. The third kappa shape index (κ3) is 3.89. The summed E-state index contributed by atoms with van der Waals surface area (Å²) < 4.78 is 23.4. The number of pyridine rings is 1. The van der Waals surface area contributed by atoms with Gasteiger partial charge in [-0.15, -0.1) is 0 Å². The van der Waals surface area contributed by atoms with Crippen molar-refractivity contribution in [3.8, 4) is 0 Å². The lowest BCUT2D eigenvalue weighted by Gasteiger charge is -2.19. The lowest BCUT2D eigenvalue weighted by molar-refractivity contribution is 0.600. The molecule has 0 aliphatic carbocycles. The van der Waals surface area contributed by atoms with E-state index < -0.39 is 9.84 Å². The van der Waals surface area contributed by atoms with Crippen LogP contribution in [0.5, 0.6) is 0 Å². The number of nitrogens with zero attached hydrogens (tertiary/aromatic N) is 1. The zero-order valence-electron chi connectivity index (χ0n) is 12.5. The summed E-state index contributed by atoms with van der Waals surface area (Å²) in [6, 6.07) is 11.0. The van der Waals surface area contributed by atoms with Crippen molar-refractivity contribution in [2.45, 2.75) is 24.8 Å². The maximum Gasteiger partial charge on any atom is 0.175 e. The third-order valence-electron chi connectivity index (χ3n) is 3.30. The molecule has 21 heavy (non-hydrogen) atoms. The van der Waals surface area contributed by atoms with Crippen LogP contribution >= 0.6 is 0 Å². The Bertz CT molecular complexity index is 709. The van der Waals surface area contributed by atoms with Gasteiger partial charge >= 0.3 is 0 Å². The molecule has 2 aromatic rings. The molecule has 2 rings (SSSR count). The predicted molar refractivity (Wildman–Crippen MR) is 84.0 cm³/mol. The van der Waals surface area contributed by atoms with Gasteiger partial charge in [-0.05, 0) is 42.8 Å². The highest BCUT2D eigenvalue weighted by molar-refractivity contribution is 7.90. The van der Waals surface area contributed by atoms with Crippen molar-refractivity contribution in [1.29, 1.82) is 0 Å². The monoisotopic (exact) mass is 304 g/mol. The average Bonchev–Trinajstić information content (AvgIpc) is 2.45. The van der Waals surface area contributed by atoms with Crippen LogP contribution in [-0.4, -0.2) is 26.2 Å². The molecule has 0 saturated carbocycles. The first-order valence-corrected chi connectivity index (χ1v) is 8.77. The maximum atomic E-state index is 11.7. The van der Waals surface area contributed by atoms with Crippen molar-refractivity contribution < 1.29 is 8.42 Å². The van der Waals surface area contributed by atoms with Gasteiger partial charge in [0.25, 0.3) is 0 Å². The number of nitrogens with one attached hydrogen (secondary N) is 1. The highest BCUT2D eigenvalue weighted by Gasteiger charge is 2.16. The number of hydrogen-bond acceptors (Lipinski definition) is 4. The maximum absolute atomic E-state index is 11.7. The number of aromatic nitrogens is 1. The van der Waals surface area contributed by atoms with Crippen LogP contribution in [0.25, 0.3) is 0 Å². The van der Waals surface area contributed by atoms with Crippen molar-refractivity contribution in [2.24, 2.45) is 0 Å². The minimum absolute atomic E-state index is 0.0650.